The number of benzene rings is 1. The molecule has 1 N–H and O–H groups in total. The van der Waals surface area contributed by atoms with Gasteiger partial charge in [-0.05, 0) is 61.0 Å². The largest absolute Gasteiger partial charge is 0.497 e. The molecule has 0 spiro atoms. The number of likely N-dealkylation sites (tertiary alicyclic amines) is 1. The molecule has 3 rings (SSSR count). The normalized spacial score (nSPS) is 17.7. The quantitative estimate of drug-likeness (QED) is 0.784. The number of piperidine rings is 1. The van der Waals surface area contributed by atoms with E-state index in [1.165, 1.54) is 5.56 Å². The molecule has 146 valence electrons. The van der Waals surface area contributed by atoms with E-state index in [4.69, 9.17) is 16.3 Å². The molecule has 1 aromatic heterocycles. The Balaban J connectivity index is 1.47. The minimum atomic E-state index is -0.200. The van der Waals surface area contributed by atoms with Gasteiger partial charge in [0.15, 0.2) is 0 Å². The summed E-state index contributed by atoms with van der Waals surface area (Å²) in [5.41, 5.74) is 1.31. The average molecular weight is 392 g/mol. The molecule has 0 radical (unpaired) electrons. The van der Waals surface area contributed by atoms with E-state index < -0.39 is 0 Å². The van der Waals surface area contributed by atoms with Gasteiger partial charge in [0.25, 0.3) is 5.91 Å². The van der Waals surface area contributed by atoms with Gasteiger partial charge in [-0.1, -0.05) is 12.1 Å². The molecule has 1 atom stereocenters. The molecule has 1 aromatic carbocycles. The van der Waals surface area contributed by atoms with E-state index in [0.717, 1.165) is 44.6 Å². The molecule has 0 bridgehead atoms. The highest BCUT2D eigenvalue weighted by molar-refractivity contribution is 6.28. The molecule has 2 aromatic rings. The highest BCUT2D eigenvalue weighted by Crippen LogP contribution is 2.19. The third kappa shape index (κ3) is 5.43. The standard InChI is InChI=1S/C19H26ClN5O2/c1-24(18(26)17-21-19(20)23-22-17)12-15-4-3-10-25(13-15)11-9-14-5-7-16(27-2)8-6-14/h5-8,15H,3-4,9-13H2,1-2H3,(H,21,22,23). The van der Waals surface area contributed by atoms with E-state index in [2.05, 4.69) is 32.2 Å². The number of halogens is 1. The number of hydrogen-bond donors (Lipinski definition) is 1. The van der Waals surface area contributed by atoms with Gasteiger partial charge in [-0.15, -0.1) is 5.10 Å². The summed E-state index contributed by atoms with van der Waals surface area (Å²) in [7, 11) is 3.48. The molecular weight excluding hydrogens is 366 g/mol. The van der Waals surface area contributed by atoms with Crippen molar-refractivity contribution in [3.8, 4) is 5.75 Å². The van der Waals surface area contributed by atoms with Crippen LogP contribution in [0.2, 0.25) is 5.28 Å². The maximum absolute atomic E-state index is 12.4. The van der Waals surface area contributed by atoms with Gasteiger partial charge in [0.1, 0.15) is 5.75 Å². The van der Waals surface area contributed by atoms with Crippen LogP contribution in [-0.4, -0.2) is 71.2 Å². The van der Waals surface area contributed by atoms with Crippen LogP contribution >= 0.6 is 11.6 Å². The van der Waals surface area contributed by atoms with Crippen molar-refractivity contribution in [2.75, 3.05) is 40.3 Å². The molecular formula is C19H26ClN5O2. The Kier molecular flexibility index (Phi) is 6.68. The number of H-pyrrole nitrogens is 1. The Labute approximate surface area is 164 Å². The van der Waals surface area contributed by atoms with Gasteiger partial charge in [-0.2, -0.15) is 4.98 Å². The number of methoxy groups -OCH3 is 1. The van der Waals surface area contributed by atoms with Crippen LogP contribution in [-0.2, 0) is 6.42 Å². The lowest BCUT2D eigenvalue weighted by Crippen LogP contribution is -2.42. The molecule has 27 heavy (non-hydrogen) atoms. The number of carbonyl (C=O) groups excluding carboxylic acids is 1. The summed E-state index contributed by atoms with van der Waals surface area (Å²) in [6, 6.07) is 8.25. The Morgan fingerprint density at radius 1 is 1.41 bits per heavy atom. The van der Waals surface area contributed by atoms with Crippen molar-refractivity contribution in [3.05, 3.63) is 40.9 Å². The van der Waals surface area contributed by atoms with Crippen molar-refractivity contribution in [1.29, 1.82) is 0 Å². The average Bonchev–Trinajstić information content (AvgIpc) is 3.12. The van der Waals surface area contributed by atoms with Crippen LogP contribution in [0.3, 0.4) is 0 Å². The summed E-state index contributed by atoms with van der Waals surface area (Å²) in [6.45, 7) is 3.84. The van der Waals surface area contributed by atoms with E-state index >= 15 is 0 Å². The first-order valence-electron chi connectivity index (χ1n) is 9.24. The molecule has 0 aliphatic carbocycles. The Morgan fingerprint density at radius 2 is 2.19 bits per heavy atom. The fourth-order valence-electron chi connectivity index (χ4n) is 3.56. The number of nitrogens with zero attached hydrogens (tertiary/aromatic N) is 4. The number of nitrogens with one attached hydrogen (secondary N) is 1. The molecule has 1 fully saturated rings. The Hall–Kier alpha value is -2.12. The lowest BCUT2D eigenvalue weighted by atomic mass is 9.97. The van der Waals surface area contributed by atoms with Crippen LogP contribution in [0, 0.1) is 5.92 Å². The first-order valence-corrected chi connectivity index (χ1v) is 9.61. The number of amides is 1. The summed E-state index contributed by atoms with van der Waals surface area (Å²) in [4.78, 5) is 20.5. The second kappa shape index (κ2) is 9.19. The summed E-state index contributed by atoms with van der Waals surface area (Å²) in [5, 5.41) is 6.47. The lowest BCUT2D eigenvalue weighted by molar-refractivity contribution is 0.0719. The van der Waals surface area contributed by atoms with Crippen LogP contribution in [0.5, 0.6) is 5.75 Å². The molecule has 1 amide bonds. The molecule has 0 saturated carbocycles. The molecule has 2 heterocycles. The van der Waals surface area contributed by atoms with E-state index in [0.29, 0.717) is 12.5 Å². The topological polar surface area (TPSA) is 74.3 Å². The van der Waals surface area contributed by atoms with Crippen molar-refractivity contribution in [3.63, 3.8) is 0 Å². The van der Waals surface area contributed by atoms with Crippen molar-refractivity contribution in [2.24, 2.45) is 5.92 Å². The van der Waals surface area contributed by atoms with Gasteiger partial charge in [0.2, 0.25) is 11.1 Å². The third-order valence-electron chi connectivity index (χ3n) is 5.01. The summed E-state index contributed by atoms with van der Waals surface area (Å²) >= 11 is 5.71. The zero-order valence-corrected chi connectivity index (χ0v) is 16.6. The van der Waals surface area contributed by atoms with E-state index in [-0.39, 0.29) is 17.0 Å². The second-order valence-corrected chi connectivity index (χ2v) is 7.40. The van der Waals surface area contributed by atoms with E-state index in [1.54, 1.807) is 19.1 Å². The highest BCUT2D eigenvalue weighted by atomic mass is 35.5. The van der Waals surface area contributed by atoms with Crippen molar-refractivity contribution in [2.45, 2.75) is 19.3 Å². The number of hydrogen-bond acceptors (Lipinski definition) is 5. The van der Waals surface area contributed by atoms with Crippen LogP contribution in [0.1, 0.15) is 29.0 Å². The SMILES string of the molecule is COc1ccc(CCN2CCCC(CN(C)C(=O)c3n[nH]c(Cl)n3)C2)cc1. The predicted octanol–water partition coefficient (Wildman–Crippen LogP) is 2.49. The lowest BCUT2D eigenvalue weighted by Gasteiger charge is -2.34. The van der Waals surface area contributed by atoms with Crippen molar-refractivity contribution in [1.82, 2.24) is 25.0 Å². The first-order chi connectivity index (χ1) is 13.0. The summed E-state index contributed by atoms with van der Waals surface area (Å²) in [5.74, 6) is 1.26. The maximum atomic E-state index is 12.4. The molecule has 1 unspecified atom stereocenters. The zero-order valence-electron chi connectivity index (χ0n) is 15.8. The molecule has 1 aliphatic heterocycles. The van der Waals surface area contributed by atoms with Crippen LogP contribution in [0.4, 0.5) is 0 Å². The smallest absolute Gasteiger partial charge is 0.293 e. The monoisotopic (exact) mass is 391 g/mol. The maximum Gasteiger partial charge on any atom is 0.293 e. The summed E-state index contributed by atoms with van der Waals surface area (Å²) < 4.78 is 5.21. The van der Waals surface area contributed by atoms with Crippen molar-refractivity contribution < 1.29 is 9.53 Å². The first kappa shape index (κ1) is 19.6. The van der Waals surface area contributed by atoms with E-state index in [1.807, 2.05) is 12.1 Å². The number of aromatic nitrogens is 3. The molecule has 1 aliphatic rings. The Morgan fingerprint density at radius 3 is 2.85 bits per heavy atom. The van der Waals surface area contributed by atoms with Gasteiger partial charge in [-0.25, -0.2) is 5.10 Å². The third-order valence-corrected chi connectivity index (χ3v) is 5.18. The van der Waals surface area contributed by atoms with Gasteiger partial charge < -0.3 is 14.5 Å². The minimum Gasteiger partial charge on any atom is -0.497 e. The highest BCUT2D eigenvalue weighted by Gasteiger charge is 2.24. The molecule has 7 nitrogen and oxygen atoms in total. The molecule has 1 saturated heterocycles. The number of rotatable bonds is 7. The van der Waals surface area contributed by atoms with Crippen LogP contribution < -0.4 is 4.74 Å². The predicted molar refractivity (Wildman–Crippen MR) is 104 cm³/mol. The van der Waals surface area contributed by atoms with E-state index in [9.17, 15) is 4.79 Å². The number of ether oxygens (including phenoxy) is 1. The summed E-state index contributed by atoms with van der Waals surface area (Å²) in [6.07, 6.45) is 3.30. The van der Waals surface area contributed by atoms with Crippen LogP contribution in [0.25, 0.3) is 0 Å². The number of aromatic amines is 1. The minimum absolute atomic E-state index is 0.120. The van der Waals surface area contributed by atoms with Gasteiger partial charge >= 0.3 is 0 Å². The fraction of sp³-hybridized carbons (Fsp3) is 0.526. The fourth-order valence-corrected chi connectivity index (χ4v) is 3.68. The van der Waals surface area contributed by atoms with Crippen LogP contribution in [0.15, 0.2) is 24.3 Å². The van der Waals surface area contributed by atoms with Gasteiger partial charge in [0, 0.05) is 26.7 Å². The Bertz CT molecular complexity index is 749. The zero-order chi connectivity index (χ0) is 19.2. The van der Waals surface area contributed by atoms with Crippen molar-refractivity contribution >= 4 is 17.5 Å². The second-order valence-electron chi connectivity index (χ2n) is 7.04. The molecule has 8 heteroatoms. The number of carbonyl (C=O) groups is 1. The van der Waals surface area contributed by atoms with Gasteiger partial charge in [0.05, 0.1) is 7.11 Å². The van der Waals surface area contributed by atoms with Gasteiger partial charge in [-0.3, -0.25) is 4.79 Å².